The van der Waals surface area contributed by atoms with Gasteiger partial charge in [0, 0.05) is 18.5 Å². The fourth-order valence-electron chi connectivity index (χ4n) is 1.19. The molecule has 0 spiro atoms. The first-order chi connectivity index (χ1) is 7.76. The highest BCUT2D eigenvalue weighted by atomic mass is 32.2. The Bertz CT molecular complexity index is 324. The van der Waals surface area contributed by atoms with Gasteiger partial charge in [-0.25, -0.2) is 0 Å². The first-order valence-electron chi connectivity index (χ1n) is 5.39. The fraction of sp³-hybridized carbons (Fsp3) is 0.417. The third-order valence-electron chi connectivity index (χ3n) is 2.15. The van der Waals surface area contributed by atoms with Crippen LogP contribution >= 0.6 is 11.8 Å². The first-order valence-corrected chi connectivity index (χ1v) is 6.38. The van der Waals surface area contributed by atoms with E-state index < -0.39 is 0 Å². The van der Waals surface area contributed by atoms with Gasteiger partial charge in [0.1, 0.15) is 0 Å². The van der Waals surface area contributed by atoms with Crippen LogP contribution in [0.2, 0.25) is 0 Å². The number of carbonyl (C=O) groups is 1. The van der Waals surface area contributed by atoms with Crippen molar-refractivity contribution in [3.8, 4) is 0 Å². The van der Waals surface area contributed by atoms with Crippen molar-refractivity contribution in [2.75, 3.05) is 19.3 Å². The Morgan fingerprint density at radius 3 is 2.56 bits per heavy atom. The summed E-state index contributed by atoms with van der Waals surface area (Å²) in [6.45, 7) is 3.97. The normalized spacial score (nSPS) is 10.1. The Hall–Kier alpha value is -1.00. The lowest BCUT2D eigenvalue weighted by Gasteiger charge is -2.04. The van der Waals surface area contributed by atoms with Crippen LogP contribution in [0.4, 0.5) is 0 Å². The van der Waals surface area contributed by atoms with Crippen LogP contribution < -0.4 is 10.6 Å². The number of rotatable bonds is 6. The molecule has 0 heterocycles. The summed E-state index contributed by atoms with van der Waals surface area (Å²) in [4.78, 5) is 12.2. The van der Waals surface area contributed by atoms with E-state index in [4.69, 9.17) is 0 Å². The summed E-state index contributed by atoms with van der Waals surface area (Å²) >= 11 is 1.55. The van der Waals surface area contributed by atoms with Gasteiger partial charge in [-0.1, -0.05) is 19.1 Å². The number of hydrogen-bond donors (Lipinski definition) is 2. The molecule has 0 aliphatic carbocycles. The minimum atomic E-state index is 0.0572. The van der Waals surface area contributed by atoms with Gasteiger partial charge in [0.15, 0.2) is 0 Å². The molecule has 88 valence electrons. The maximum Gasteiger partial charge on any atom is 0.230 e. The SMILES string of the molecule is CCNCc1ccc(SCC(=O)NC)cc1. The Morgan fingerprint density at radius 1 is 1.31 bits per heavy atom. The minimum absolute atomic E-state index is 0.0572. The van der Waals surface area contributed by atoms with Gasteiger partial charge >= 0.3 is 0 Å². The molecular weight excluding hydrogens is 220 g/mol. The van der Waals surface area contributed by atoms with Crippen LogP contribution in [0.5, 0.6) is 0 Å². The van der Waals surface area contributed by atoms with Gasteiger partial charge in [-0.05, 0) is 24.2 Å². The lowest BCUT2D eigenvalue weighted by atomic mass is 10.2. The van der Waals surface area contributed by atoms with Gasteiger partial charge in [-0.2, -0.15) is 0 Å². The van der Waals surface area contributed by atoms with Gasteiger partial charge in [-0.3, -0.25) is 4.79 Å². The third-order valence-corrected chi connectivity index (χ3v) is 3.16. The summed E-state index contributed by atoms with van der Waals surface area (Å²) in [5, 5.41) is 5.88. The molecule has 1 aromatic rings. The van der Waals surface area contributed by atoms with Crippen molar-refractivity contribution in [3.63, 3.8) is 0 Å². The van der Waals surface area contributed by atoms with E-state index >= 15 is 0 Å². The second kappa shape index (κ2) is 7.30. The van der Waals surface area contributed by atoms with Crippen LogP contribution in [0, 0.1) is 0 Å². The maximum atomic E-state index is 11.1. The van der Waals surface area contributed by atoms with Crippen molar-refractivity contribution in [2.45, 2.75) is 18.4 Å². The van der Waals surface area contributed by atoms with Crippen LogP contribution in [-0.4, -0.2) is 25.3 Å². The van der Waals surface area contributed by atoms with Gasteiger partial charge < -0.3 is 10.6 Å². The molecule has 1 amide bonds. The van der Waals surface area contributed by atoms with Crippen molar-refractivity contribution in [1.82, 2.24) is 10.6 Å². The molecule has 1 aromatic carbocycles. The van der Waals surface area contributed by atoms with E-state index in [1.807, 2.05) is 0 Å². The monoisotopic (exact) mass is 238 g/mol. The lowest BCUT2D eigenvalue weighted by Crippen LogP contribution is -2.19. The third kappa shape index (κ3) is 4.68. The average Bonchev–Trinajstić information content (AvgIpc) is 2.34. The highest BCUT2D eigenvalue weighted by Gasteiger charge is 2.00. The molecule has 0 radical (unpaired) electrons. The molecule has 0 bridgehead atoms. The number of nitrogens with one attached hydrogen (secondary N) is 2. The standard InChI is InChI=1S/C12H18N2OS/c1-3-14-8-10-4-6-11(7-5-10)16-9-12(15)13-2/h4-7,14H,3,8-9H2,1-2H3,(H,13,15). The molecule has 0 saturated carbocycles. The summed E-state index contributed by atoms with van der Waals surface area (Å²) in [6, 6.07) is 8.30. The van der Waals surface area contributed by atoms with Crippen molar-refractivity contribution in [2.24, 2.45) is 0 Å². The predicted molar refractivity (Wildman–Crippen MR) is 68.6 cm³/mol. The van der Waals surface area contributed by atoms with E-state index in [2.05, 4.69) is 41.8 Å². The van der Waals surface area contributed by atoms with Crippen LogP contribution in [0.3, 0.4) is 0 Å². The van der Waals surface area contributed by atoms with Crippen LogP contribution in [0.15, 0.2) is 29.2 Å². The second-order valence-electron chi connectivity index (χ2n) is 3.39. The van der Waals surface area contributed by atoms with Crippen LogP contribution in [0.25, 0.3) is 0 Å². The Kier molecular flexibility index (Phi) is 5.96. The number of hydrogen-bond acceptors (Lipinski definition) is 3. The van der Waals surface area contributed by atoms with E-state index in [0.717, 1.165) is 18.0 Å². The Balaban J connectivity index is 2.41. The smallest absolute Gasteiger partial charge is 0.230 e. The van der Waals surface area contributed by atoms with Crippen LogP contribution in [-0.2, 0) is 11.3 Å². The number of amides is 1. The molecule has 0 aliphatic heterocycles. The number of benzene rings is 1. The molecule has 2 N–H and O–H groups in total. The zero-order chi connectivity index (χ0) is 11.8. The van der Waals surface area contributed by atoms with Gasteiger partial charge in [0.25, 0.3) is 0 Å². The second-order valence-corrected chi connectivity index (χ2v) is 4.43. The highest BCUT2D eigenvalue weighted by molar-refractivity contribution is 8.00. The molecule has 0 atom stereocenters. The summed E-state index contributed by atoms with van der Waals surface area (Å²) in [5.74, 6) is 0.532. The molecular formula is C12H18N2OS. The predicted octanol–water partition coefficient (Wildman–Crippen LogP) is 1.63. The van der Waals surface area contributed by atoms with Crippen molar-refractivity contribution in [3.05, 3.63) is 29.8 Å². The average molecular weight is 238 g/mol. The molecule has 16 heavy (non-hydrogen) atoms. The van der Waals surface area contributed by atoms with E-state index in [-0.39, 0.29) is 5.91 Å². The van der Waals surface area contributed by atoms with E-state index in [1.54, 1.807) is 18.8 Å². The Labute approximate surface area is 101 Å². The lowest BCUT2D eigenvalue weighted by molar-refractivity contribution is -0.118. The number of thioether (sulfide) groups is 1. The maximum absolute atomic E-state index is 11.1. The highest BCUT2D eigenvalue weighted by Crippen LogP contribution is 2.17. The minimum Gasteiger partial charge on any atom is -0.358 e. The number of carbonyl (C=O) groups excluding carboxylic acids is 1. The van der Waals surface area contributed by atoms with E-state index in [9.17, 15) is 4.79 Å². The molecule has 0 saturated heterocycles. The van der Waals surface area contributed by atoms with Gasteiger partial charge in [-0.15, -0.1) is 11.8 Å². The summed E-state index contributed by atoms with van der Waals surface area (Å²) in [6.07, 6.45) is 0. The van der Waals surface area contributed by atoms with Gasteiger partial charge in [0.05, 0.1) is 5.75 Å². The van der Waals surface area contributed by atoms with E-state index in [1.165, 1.54) is 5.56 Å². The fourth-order valence-corrected chi connectivity index (χ4v) is 1.96. The molecule has 0 aliphatic rings. The largest absolute Gasteiger partial charge is 0.358 e. The summed E-state index contributed by atoms with van der Waals surface area (Å²) in [7, 11) is 1.66. The van der Waals surface area contributed by atoms with Crippen LogP contribution in [0.1, 0.15) is 12.5 Å². The zero-order valence-corrected chi connectivity index (χ0v) is 10.6. The Morgan fingerprint density at radius 2 is 2.00 bits per heavy atom. The van der Waals surface area contributed by atoms with Gasteiger partial charge in [0.2, 0.25) is 5.91 Å². The summed E-state index contributed by atoms with van der Waals surface area (Å²) < 4.78 is 0. The van der Waals surface area contributed by atoms with Crippen molar-refractivity contribution >= 4 is 17.7 Å². The molecule has 4 heteroatoms. The van der Waals surface area contributed by atoms with Crippen molar-refractivity contribution in [1.29, 1.82) is 0 Å². The molecule has 0 fully saturated rings. The quantitative estimate of drug-likeness (QED) is 0.740. The molecule has 0 unspecified atom stereocenters. The topological polar surface area (TPSA) is 41.1 Å². The van der Waals surface area contributed by atoms with Crippen molar-refractivity contribution < 1.29 is 4.79 Å². The summed E-state index contributed by atoms with van der Waals surface area (Å²) in [5.41, 5.74) is 1.27. The molecule has 0 aromatic heterocycles. The molecule has 1 rings (SSSR count). The zero-order valence-electron chi connectivity index (χ0n) is 9.75. The molecule has 3 nitrogen and oxygen atoms in total. The first kappa shape index (κ1) is 13.1. The van der Waals surface area contributed by atoms with E-state index in [0.29, 0.717) is 5.75 Å².